The number of nitrogens with zero attached hydrogens (tertiary/aromatic N) is 2. The molecule has 0 bridgehead atoms. The minimum Gasteiger partial charge on any atom is -0.481 e. The van der Waals surface area contributed by atoms with Crippen LogP contribution in [0.1, 0.15) is 25.7 Å². The molecule has 1 aliphatic rings. The van der Waals surface area contributed by atoms with Gasteiger partial charge in [0.25, 0.3) is 0 Å². The maximum Gasteiger partial charge on any atom is 0.306 e. The van der Waals surface area contributed by atoms with E-state index in [1.165, 1.54) is 11.9 Å². The number of carbonyl (C=O) groups is 2. The zero-order chi connectivity index (χ0) is 22.2. The van der Waals surface area contributed by atoms with Crippen LogP contribution in [0.15, 0.2) is 52.4 Å². The second-order valence-corrected chi connectivity index (χ2v) is 8.52. The van der Waals surface area contributed by atoms with Gasteiger partial charge in [-0.25, -0.2) is 4.72 Å². The monoisotopic (exact) mass is 443 g/mol. The lowest BCUT2D eigenvalue weighted by Crippen LogP contribution is -2.48. The molecule has 3 rings (SSSR count). The highest BCUT2D eigenvalue weighted by Gasteiger charge is 2.30. The summed E-state index contributed by atoms with van der Waals surface area (Å²) in [5, 5.41) is 11.5. The number of aliphatic imine (C=N–C) groups is 1. The number of benzene rings is 2. The Kier molecular flexibility index (Phi) is 8.13. The van der Waals surface area contributed by atoms with Crippen LogP contribution in [0.4, 0.5) is 0 Å². The van der Waals surface area contributed by atoms with Crippen LogP contribution in [0, 0.1) is 5.92 Å². The van der Waals surface area contributed by atoms with Crippen molar-refractivity contribution in [3.63, 3.8) is 0 Å². The van der Waals surface area contributed by atoms with Crippen molar-refractivity contribution in [2.45, 2.75) is 36.6 Å². The van der Waals surface area contributed by atoms with Crippen molar-refractivity contribution in [1.82, 2.24) is 9.62 Å². The minimum atomic E-state index is -0.787. The largest absolute Gasteiger partial charge is 0.481 e. The van der Waals surface area contributed by atoms with Crippen molar-refractivity contribution < 1.29 is 14.7 Å². The van der Waals surface area contributed by atoms with Gasteiger partial charge in [0.2, 0.25) is 5.91 Å². The average molecular weight is 444 g/mol. The van der Waals surface area contributed by atoms with Gasteiger partial charge in [-0.15, -0.1) is 0 Å². The molecule has 1 fully saturated rings. The first kappa shape index (κ1) is 22.9. The van der Waals surface area contributed by atoms with Gasteiger partial charge < -0.3 is 21.5 Å². The van der Waals surface area contributed by atoms with Gasteiger partial charge in [-0.3, -0.25) is 14.6 Å². The molecule has 166 valence electrons. The van der Waals surface area contributed by atoms with Crippen LogP contribution in [0.5, 0.6) is 0 Å². The maximum absolute atomic E-state index is 13.2. The van der Waals surface area contributed by atoms with E-state index in [-0.39, 0.29) is 17.8 Å². The number of aliphatic carboxylic acids is 1. The highest BCUT2D eigenvalue weighted by Crippen LogP contribution is 2.27. The molecule has 0 aromatic heterocycles. The third-order valence-corrected chi connectivity index (χ3v) is 6.44. The fourth-order valence-electron chi connectivity index (χ4n) is 3.72. The topological polar surface area (TPSA) is 134 Å². The molecule has 1 unspecified atom stereocenters. The van der Waals surface area contributed by atoms with Crippen LogP contribution in [-0.4, -0.2) is 53.5 Å². The number of rotatable bonds is 9. The van der Waals surface area contributed by atoms with Gasteiger partial charge in [0.15, 0.2) is 5.96 Å². The van der Waals surface area contributed by atoms with Gasteiger partial charge in [0.1, 0.15) is 0 Å². The summed E-state index contributed by atoms with van der Waals surface area (Å²) in [6, 6.07) is 13.8. The molecule has 1 atom stereocenters. The molecule has 0 radical (unpaired) electrons. The summed E-state index contributed by atoms with van der Waals surface area (Å²) in [4.78, 5) is 31.2. The molecule has 1 heterocycles. The Morgan fingerprint density at radius 2 is 1.87 bits per heavy atom. The van der Waals surface area contributed by atoms with Gasteiger partial charge in [-0.1, -0.05) is 36.4 Å². The third kappa shape index (κ3) is 6.35. The summed E-state index contributed by atoms with van der Waals surface area (Å²) in [6.45, 7) is 1.37. The molecule has 1 amide bonds. The smallest absolute Gasteiger partial charge is 0.306 e. The summed E-state index contributed by atoms with van der Waals surface area (Å²) < 4.78 is 3.35. The predicted octanol–water partition coefficient (Wildman–Crippen LogP) is 2.18. The van der Waals surface area contributed by atoms with E-state index in [4.69, 9.17) is 11.5 Å². The van der Waals surface area contributed by atoms with E-state index >= 15 is 0 Å². The molecule has 31 heavy (non-hydrogen) atoms. The Balaban J connectivity index is 1.67. The van der Waals surface area contributed by atoms with Crippen molar-refractivity contribution in [3.8, 4) is 0 Å². The Bertz CT molecular complexity index is 934. The fourth-order valence-corrected chi connectivity index (χ4v) is 4.65. The van der Waals surface area contributed by atoms with E-state index in [9.17, 15) is 14.7 Å². The van der Waals surface area contributed by atoms with E-state index in [0.29, 0.717) is 45.3 Å². The molecular formula is C22H29N5O3S. The molecule has 2 aromatic rings. The molecule has 0 saturated carbocycles. The van der Waals surface area contributed by atoms with Gasteiger partial charge in [-0.2, -0.15) is 0 Å². The highest BCUT2D eigenvalue weighted by molar-refractivity contribution is 7.97. The summed E-state index contributed by atoms with van der Waals surface area (Å²) in [6.07, 6.45) is 2.20. The molecule has 0 spiro atoms. The van der Waals surface area contributed by atoms with Crippen LogP contribution in [0.3, 0.4) is 0 Å². The Labute approximate surface area is 186 Å². The fraction of sp³-hybridized carbons (Fsp3) is 0.409. The number of carbonyl (C=O) groups excluding carboxylic acids is 1. The van der Waals surface area contributed by atoms with Gasteiger partial charge in [0.05, 0.1) is 12.0 Å². The average Bonchev–Trinajstić information content (AvgIpc) is 2.78. The first-order chi connectivity index (χ1) is 15.0. The van der Waals surface area contributed by atoms with Crippen LogP contribution in [0.25, 0.3) is 10.8 Å². The van der Waals surface area contributed by atoms with Crippen molar-refractivity contribution in [2.24, 2.45) is 22.4 Å². The lowest BCUT2D eigenvalue weighted by Gasteiger charge is -2.33. The molecule has 2 aromatic carbocycles. The number of nitrogens with one attached hydrogen (secondary N) is 1. The number of amides is 1. The first-order valence-corrected chi connectivity index (χ1v) is 11.2. The van der Waals surface area contributed by atoms with Gasteiger partial charge in [0, 0.05) is 24.5 Å². The van der Waals surface area contributed by atoms with E-state index in [2.05, 4.69) is 27.9 Å². The van der Waals surface area contributed by atoms with Crippen molar-refractivity contribution in [3.05, 3.63) is 42.5 Å². The number of likely N-dealkylation sites (tertiary alicyclic amines) is 1. The number of nitrogens with two attached hydrogens (primary N) is 2. The summed E-state index contributed by atoms with van der Waals surface area (Å²) >= 11 is 1.44. The number of carboxylic acid groups (broad SMARTS) is 1. The number of piperidine rings is 1. The van der Waals surface area contributed by atoms with E-state index in [1.54, 1.807) is 4.90 Å². The number of fused-ring (bicyclic) bond motifs is 1. The number of hydrogen-bond donors (Lipinski definition) is 4. The van der Waals surface area contributed by atoms with Gasteiger partial charge in [-0.05, 0) is 54.5 Å². The molecule has 1 aliphatic heterocycles. The minimum absolute atomic E-state index is 0.0127. The summed E-state index contributed by atoms with van der Waals surface area (Å²) in [7, 11) is 0. The zero-order valence-electron chi connectivity index (χ0n) is 17.4. The Hall–Kier alpha value is -2.78. The van der Waals surface area contributed by atoms with Crippen LogP contribution in [-0.2, 0) is 9.59 Å². The quantitative estimate of drug-likeness (QED) is 0.202. The molecule has 1 saturated heterocycles. The molecule has 9 heteroatoms. The number of hydrogen-bond acceptors (Lipinski definition) is 5. The number of carboxylic acids is 1. The van der Waals surface area contributed by atoms with Gasteiger partial charge >= 0.3 is 5.97 Å². The van der Waals surface area contributed by atoms with E-state index < -0.39 is 12.0 Å². The third-order valence-electron chi connectivity index (χ3n) is 5.46. The molecular weight excluding hydrogens is 414 g/mol. The molecule has 6 N–H and O–H groups in total. The summed E-state index contributed by atoms with van der Waals surface area (Å²) in [5.41, 5.74) is 10.8. The van der Waals surface area contributed by atoms with Crippen molar-refractivity contribution >= 4 is 40.6 Å². The summed E-state index contributed by atoms with van der Waals surface area (Å²) in [5.74, 6) is -1.13. The Morgan fingerprint density at radius 3 is 2.58 bits per heavy atom. The second kappa shape index (κ2) is 11.0. The van der Waals surface area contributed by atoms with Crippen LogP contribution >= 0.6 is 11.9 Å². The zero-order valence-corrected chi connectivity index (χ0v) is 18.2. The number of guanidine groups is 1. The second-order valence-electron chi connectivity index (χ2n) is 7.64. The lowest BCUT2D eigenvalue weighted by molar-refractivity contribution is -0.146. The highest BCUT2D eigenvalue weighted by atomic mass is 32.2. The van der Waals surface area contributed by atoms with E-state index in [1.807, 2.05) is 24.3 Å². The maximum atomic E-state index is 13.2. The van der Waals surface area contributed by atoms with Crippen molar-refractivity contribution in [1.29, 1.82) is 0 Å². The van der Waals surface area contributed by atoms with Crippen LogP contribution in [0.2, 0.25) is 0 Å². The predicted molar refractivity (Wildman–Crippen MR) is 124 cm³/mol. The molecule has 0 aliphatic carbocycles. The van der Waals surface area contributed by atoms with E-state index in [0.717, 1.165) is 15.7 Å². The standard InChI is InChI=1S/C22H29N5O3S/c23-22(24)25-12-4-8-18(20(28)27-13-10-16(11-14-27)21(29)30)26-31-19-9-3-6-15-5-1-2-7-17(15)19/h1-3,5-7,9,16,18,26H,4,8,10-14H2,(H,29,30)(H4,23,24,25). The Morgan fingerprint density at radius 1 is 1.16 bits per heavy atom. The first-order valence-electron chi connectivity index (χ1n) is 10.4. The van der Waals surface area contributed by atoms with Crippen LogP contribution < -0.4 is 16.2 Å². The normalized spacial score (nSPS) is 15.5. The lowest BCUT2D eigenvalue weighted by atomic mass is 9.96. The molecule has 8 nitrogen and oxygen atoms in total. The van der Waals surface area contributed by atoms with Crippen molar-refractivity contribution in [2.75, 3.05) is 19.6 Å². The SMILES string of the molecule is NC(N)=NCCCC(NSc1cccc2ccccc12)C(=O)N1CCC(C(=O)O)CC1.